The molecule has 0 unspecified atom stereocenters. The fourth-order valence-electron chi connectivity index (χ4n) is 0. The van der Waals surface area contributed by atoms with Crippen molar-refractivity contribution in [3.8, 4) is 0 Å². The van der Waals surface area contributed by atoms with Crippen molar-refractivity contribution in [3.63, 3.8) is 0 Å². The van der Waals surface area contributed by atoms with Gasteiger partial charge in [-0.2, -0.15) is 6.04 Å². The molecule has 0 saturated heterocycles. The van der Waals surface area contributed by atoms with Crippen molar-refractivity contribution in [1.82, 2.24) is 0 Å². The summed E-state index contributed by atoms with van der Waals surface area (Å²) in [7, 11) is -0.742. The molecule has 0 aromatic rings. The molecule has 7 heavy (non-hydrogen) atoms. The number of rotatable bonds is 1. The minimum atomic E-state index is -0.742. The van der Waals surface area contributed by atoms with Crippen LogP contribution in [0.25, 0.3) is 0 Å². The van der Waals surface area contributed by atoms with Gasteiger partial charge in [-0.15, -0.1) is 0 Å². The Balaban J connectivity index is 0. The van der Waals surface area contributed by atoms with Crippen LogP contribution in [0.1, 0.15) is 0 Å². The molecule has 0 fully saturated rings. The van der Waals surface area contributed by atoms with Gasteiger partial charge in [0, 0.05) is 27.6 Å². The van der Waals surface area contributed by atoms with E-state index in [0.29, 0.717) is 0 Å². The Hall–Kier alpha value is 0.840. The van der Waals surface area contributed by atoms with Gasteiger partial charge in [0.15, 0.2) is 0 Å². The number of hydrogen-bond donors (Lipinski definition) is 0. The summed E-state index contributed by atoms with van der Waals surface area (Å²) in [6.07, 6.45) is 0. The quantitative estimate of drug-likeness (QED) is 0.453. The van der Waals surface area contributed by atoms with Gasteiger partial charge in [-0.05, 0) is 0 Å². The summed E-state index contributed by atoms with van der Waals surface area (Å²) in [6, 6.07) is 1.16. The summed E-state index contributed by atoms with van der Waals surface area (Å²) in [5.74, 6) is 0. The monoisotopic (exact) mass is 204 g/mol. The molecule has 2 heteroatoms. The van der Waals surface area contributed by atoms with E-state index < -0.39 is 8.07 Å². The molecule has 0 aliphatic heterocycles. The largest absolute Gasteiger partial charge is 0.346 e. The van der Waals surface area contributed by atoms with E-state index in [2.05, 4.69) is 26.6 Å². The minimum absolute atomic E-state index is 0. The first-order chi connectivity index (χ1) is 2.56. The molecule has 0 aliphatic carbocycles. The van der Waals surface area contributed by atoms with Crippen LogP contribution in [-0.2, 0) is 19.5 Å². The molecule has 0 N–H and O–H groups in total. The van der Waals surface area contributed by atoms with E-state index in [1.54, 1.807) is 0 Å². The molecule has 0 amide bonds. The second-order valence-corrected chi connectivity index (χ2v) is 8.43. The van der Waals surface area contributed by atoms with Crippen LogP contribution in [0.2, 0.25) is 25.7 Å². The van der Waals surface area contributed by atoms with Gasteiger partial charge in [-0.3, -0.25) is 0 Å². The zero-order valence-corrected chi connectivity index (χ0v) is 7.89. The molecular weight excluding hydrogens is 191 g/mol. The van der Waals surface area contributed by atoms with Crippen molar-refractivity contribution in [2.24, 2.45) is 0 Å². The van der Waals surface area contributed by atoms with Gasteiger partial charge >= 0.3 is 0 Å². The zero-order chi connectivity index (χ0) is 5.21. The molecule has 1 radical (unpaired) electrons. The average molecular weight is 204 g/mol. The summed E-state index contributed by atoms with van der Waals surface area (Å²) in [5.41, 5.74) is 0. The first-order valence-electron chi connectivity index (χ1n) is 2.35. The van der Waals surface area contributed by atoms with Crippen LogP contribution in [0, 0.1) is 6.92 Å². The maximum atomic E-state index is 3.82. The predicted molar refractivity (Wildman–Crippen MR) is 33.5 cm³/mol. The van der Waals surface area contributed by atoms with Gasteiger partial charge in [0.05, 0.1) is 0 Å². The van der Waals surface area contributed by atoms with Gasteiger partial charge in [0.25, 0.3) is 0 Å². The predicted octanol–water partition coefficient (Wildman–Crippen LogP) is 2.16. The Labute approximate surface area is 60.5 Å². The third-order valence-corrected chi connectivity index (χ3v) is 2.25. The van der Waals surface area contributed by atoms with Crippen molar-refractivity contribution in [2.75, 3.05) is 0 Å². The topological polar surface area (TPSA) is 0 Å². The number of hydrogen-bond acceptors (Lipinski definition) is 0. The molecule has 0 bridgehead atoms. The molecule has 0 aliphatic rings. The Morgan fingerprint density at radius 3 is 1.43 bits per heavy atom. The normalized spacial score (nSPS) is 10.3. The van der Waals surface area contributed by atoms with Crippen LogP contribution in [-0.4, -0.2) is 8.07 Å². The summed E-state index contributed by atoms with van der Waals surface area (Å²) < 4.78 is 0. The maximum Gasteiger partial charge on any atom is 0.0146 e. The Bertz CT molecular complexity index is 37.8. The van der Waals surface area contributed by atoms with E-state index in [0.717, 1.165) is 6.04 Å². The van der Waals surface area contributed by atoms with Gasteiger partial charge in [0.1, 0.15) is 0 Å². The van der Waals surface area contributed by atoms with Crippen LogP contribution in [0.5, 0.6) is 0 Å². The van der Waals surface area contributed by atoms with Crippen LogP contribution in [0.4, 0.5) is 0 Å². The second kappa shape index (κ2) is 3.80. The molecule has 0 heterocycles. The Morgan fingerprint density at radius 1 is 1.29 bits per heavy atom. The molecule has 0 atom stereocenters. The zero-order valence-electron chi connectivity index (χ0n) is 5.25. The standard InChI is InChI=1S/C5H13Si.Rh/c1-5-6(2,3)4;/h1,5H2,2-4H3;/q-1;. The van der Waals surface area contributed by atoms with Gasteiger partial charge < -0.3 is 6.92 Å². The molecule has 0 aromatic carbocycles. The minimum Gasteiger partial charge on any atom is -0.346 e. The van der Waals surface area contributed by atoms with E-state index >= 15 is 0 Å². The van der Waals surface area contributed by atoms with Crippen LogP contribution < -0.4 is 0 Å². The van der Waals surface area contributed by atoms with Crippen LogP contribution >= 0.6 is 0 Å². The molecule has 47 valence electrons. The third kappa shape index (κ3) is 10.9. The SMILES string of the molecule is [CH2-]C[Si](C)(C)C.[Rh]. The van der Waals surface area contributed by atoms with Crippen molar-refractivity contribution >= 4 is 8.07 Å². The molecule has 0 rings (SSSR count). The van der Waals surface area contributed by atoms with Crippen LogP contribution in [0.3, 0.4) is 0 Å². The average Bonchev–Trinajstić information content (AvgIpc) is 1.35. The summed E-state index contributed by atoms with van der Waals surface area (Å²) >= 11 is 0. The van der Waals surface area contributed by atoms with Crippen molar-refractivity contribution in [3.05, 3.63) is 6.92 Å². The smallest absolute Gasteiger partial charge is 0.0146 e. The summed E-state index contributed by atoms with van der Waals surface area (Å²) in [5, 5.41) is 0. The maximum absolute atomic E-state index is 3.82. The van der Waals surface area contributed by atoms with Crippen molar-refractivity contribution in [1.29, 1.82) is 0 Å². The fraction of sp³-hybridized carbons (Fsp3) is 0.800. The first-order valence-corrected chi connectivity index (χ1v) is 6.06. The van der Waals surface area contributed by atoms with Crippen molar-refractivity contribution in [2.45, 2.75) is 25.7 Å². The van der Waals surface area contributed by atoms with E-state index in [4.69, 9.17) is 0 Å². The first kappa shape index (κ1) is 10.8. The molecule has 0 saturated carbocycles. The molecule has 0 spiro atoms. The second-order valence-electron chi connectivity index (χ2n) is 2.81. The Morgan fingerprint density at radius 2 is 1.43 bits per heavy atom. The molecule has 0 aromatic heterocycles. The molecular formula is C5H13RhSi-. The fourth-order valence-corrected chi connectivity index (χ4v) is 0. The molecule has 0 nitrogen and oxygen atoms in total. The van der Waals surface area contributed by atoms with Gasteiger partial charge in [0.2, 0.25) is 0 Å². The van der Waals surface area contributed by atoms with E-state index in [9.17, 15) is 0 Å². The van der Waals surface area contributed by atoms with E-state index in [1.807, 2.05) is 0 Å². The third-order valence-electron chi connectivity index (χ3n) is 0.750. The van der Waals surface area contributed by atoms with E-state index in [1.165, 1.54) is 0 Å². The van der Waals surface area contributed by atoms with E-state index in [-0.39, 0.29) is 19.5 Å². The summed E-state index contributed by atoms with van der Waals surface area (Å²) in [4.78, 5) is 0. The van der Waals surface area contributed by atoms with Crippen molar-refractivity contribution < 1.29 is 19.5 Å². The Kier molecular flexibility index (Phi) is 5.83. The van der Waals surface area contributed by atoms with Gasteiger partial charge in [-0.1, -0.05) is 19.6 Å². The van der Waals surface area contributed by atoms with Gasteiger partial charge in [-0.25, -0.2) is 0 Å². The van der Waals surface area contributed by atoms with Crippen LogP contribution in [0.15, 0.2) is 0 Å². The summed E-state index contributed by atoms with van der Waals surface area (Å²) in [6.45, 7) is 10.8.